The zero-order valence-corrected chi connectivity index (χ0v) is 18.2. The summed E-state index contributed by atoms with van der Waals surface area (Å²) < 4.78 is 36.0. The van der Waals surface area contributed by atoms with Crippen LogP contribution >= 0.6 is 11.6 Å². The molecular formula is C23H19ClN2O4S. The molecule has 8 heteroatoms. The molecule has 0 bridgehead atoms. The van der Waals surface area contributed by atoms with Crippen LogP contribution in [0.1, 0.15) is 11.5 Å². The van der Waals surface area contributed by atoms with Crippen molar-refractivity contribution in [3.8, 4) is 28.3 Å². The second kappa shape index (κ2) is 8.55. The fourth-order valence-corrected chi connectivity index (χ4v) is 4.36. The monoisotopic (exact) mass is 454 g/mol. The third-order valence-electron chi connectivity index (χ3n) is 4.74. The molecule has 0 aliphatic heterocycles. The summed E-state index contributed by atoms with van der Waals surface area (Å²) in [5.41, 5.74) is 2.18. The van der Waals surface area contributed by atoms with E-state index in [0.29, 0.717) is 39.9 Å². The van der Waals surface area contributed by atoms with Gasteiger partial charge in [-0.25, -0.2) is 18.5 Å². The number of rotatable bonds is 6. The molecule has 2 N–H and O–H groups in total. The summed E-state index contributed by atoms with van der Waals surface area (Å²) in [5.74, 6) is 1.14. The van der Waals surface area contributed by atoms with E-state index in [1.807, 2.05) is 30.3 Å². The van der Waals surface area contributed by atoms with Gasteiger partial charge in [0, 0.05) is 12.0 Å². The number of aromatic nitrogens is 1. The van der Waals surface area contributed by atoms with Crippen LogP contribution in [0.25, 0.3) is 22.6 Å². The highest BCUT2D eigenvalue weighted by Crippen LogP contribution is 2.43. The smallest absolute Gasteiger partial charge is 0.238 e. The number of ether oxygens (including phenoxy) is 1. The Balaban J connectivity index is 1.97. The average Bonchev–Trinajstić information content (AvgIpc) is 3.16. The molecule has 0 spiro atoms. The third-order valence-corrected chi connectivity index (χ3v) is 6.02. The zero-order chi connectivity index (χ0) is 22.0. The van der Waals surface area contributed by atoms with Crippen LogP contribution in [0.2, 0.25) is 5.02 Å². The Labute approximate surface area is 185 Å². The van der Waals surface area contributed by atoms with E-state index in [0.717, 1.165) is 5.56 Å². The van der Waals surface area contributed by atoms with Crippen LogP contribution in [0.5, 0.6) is 5.75 Å². The van der Waals surface area contributed by atoms with Crippen molar-refractivity contribution in [1.82, 2.24) is 4.98 Å². The molecule has 0 unspecified atom stereocenters. The van der Waals surface area contributed by atoms with Gasteiger partial charge in [-0.3, -0.25) is 0 Å². The van der Waals surface area contributed by atoms with E-state index in [1.54, 1.807) is 36.4 Å². The molecule has 0 atom stereocenters. The number of nitrogens with two attached hydrogens (primary N) is 1. The van der Waals surface area contributed by atoms with Crippen molar-refractivity contribution >= 4 is 21.6 Å². The molecule has 4 aromatic rings. The summed E-state index contributed by atoms with van der Waals surface area (Å²) in [6.45, 7) is 0. The molecule has 31 heavy (non-hydrogen) atoms. The molecule has 4 rings (SSSR count). The van der Waals surface area contributed by atoms with E-state index in [-0.39, 0.29) is 10.7 Å². The van der Waals surface area contributed by atoms with Gasteiger partial charge < -0.3 is 9.15 Å². The highest BCUT2D eigenvalue weighted by molar-refractivity contribution is 7.89. The molecule has 3 aromatic carbocycles. The summed E-state index contributed by atoms with van der Waals surface area (Å²) in [7, 11) is -2.48. The van der Waals surface area contributed by atoms with Crippen molar-refractivity contribution < 1.29 is 17.6 Å². The molecule has 6 nitrogen and oxygen atoms in total. The SMILES string of the molecule is COc1cccc(Cl)c1-c1nc(Cc2ccccc2)oc1-c1ccccc1S(N)(=O)=O. The summed E-state index contributed by atoms with van der Waals surface area (Å²) in [6, 6.07) is 21.3. The predicted octanol–water partition coefficient (Wildman–Crippen LogP) is 4.91. The maximum Gasteiger partial charge on any atom is 0.238 e. The number of hydrogen-bond donors (Lipinski definition) is 1. The van der Waals surface area contributed by atoms with Gasteiger partial charge >= 0.3 is 0 Å². The number of benzene rings is 3. The van der Waals surface area contributed by atoms with E-state index < -0.39 is 10.0 Å². The normalized spacial score (nSPS) is 11.5. The number of primary sulfonamides is 1. The molecule has 158 valence electrons. The lowest BCUT2D eigenvalue weighted by Crippen LogP contribution is -2.13. The first kappa shape index (κ1) is 21.1. The molecule has 1 aromatic heterocycles. The van der Waals surface area contributed by atoms with E-state index in [4.69, 9.17) is 25.9 Å². The predicted molar refractivity (Wildman–Crippen MR) is 120 cm³/mol. The molecule has 0 radical (unpaired) electrons. The summed E-state index contributed by atoms with van der Waals surface area (Å²) >= 11 is 6.50. The van der Waals surface area contributed by atoms with Gasteiger partial charge in [-0.1, -0.05) is 60.1 Å². The number of methoxy groups -OCH3 is 1. The van der Waals surface area contributed by atoms with Gasteiger partial charge in [0.05, 0.1) is 22.6 Å². The molecule has 0 saturated carbocycles. The minimum atomic E-state index is -4.01. The van der Waals surface area contributed by atoms with Crippen LogP contribution in [0.3, 0.4) is 0 Å². The molecule has 0 saturated heterocycles. The lowest BCUT2D eigenvalue weighted by atomic mass is 10.0. The first-order valence-corrected chi connectivity index (χ1v) is 11.3. The van der Waals surface area contributed by atoms with Crippen LogP contribution in [0.4, 0.5) is 0 Å². The Morgan fingerprint density at radius 1 is 1.00 bits per heavy atom. The van der Waals surface area contributed by atoms with Crippen LogP contribution in [-0.4, -0.2) is 20.5 Å². The lowest BCUT2D eigenvalue weighted by Gasteiger charge is -2.11. The van der Waals surface area contributed by atoms with Crippen LogP contribution in [-0.2, 0) is 16.4 Å². The fraction of sp³-hybridized carbons (Fsp3) is 0.0870. The summed E-state index contributed by atoms with van der Waals surface area (Å²) in [4.78, 5) is 4.61. The van der Waals surface area contributed by atoms with Crippen molar-refractivity contribution in [2.24, 2.45) is 5.14 Å². The Morgan fingerprint density at radius 3 is 2.42 bits per heavy atom. The van der Waals surface area contributed by atoms with Crippen LogP contribution in [0.15, 0.2) is 82.1 Å². The van der Waals surface area contributed by atoms with Gasteiger partial charge in [-0.05, 0) is 29.8 Å². The Bertz CT molecular complexity index is 1330. The van der Waals surface area contributed by atoms with Gasteiger partial charge in [0.1, 0.15) is 11.4 Å². The van der Waals surface area contributed by atoms with Crippen molar-refractivity contribution in [2.75, 3.05) is 7.11 Å². The van der Waals surface area contributed by atoms with Gasteiger partial charge in [0.25, 0.3) is 0 Å². The first-order chi connectivity index (χ1) is 14.9. The van der Waals surface area contributed by atoms with Gasteiger partial charge in [0.15, 0.2) is 11.7 Å². The zero-order valence-electron chi connectivity index (χ0n) is 16.6. The summed E-state index contributed by atoms with van der Waals surface area (Å²) in [6.07, 6.45) is 0.415. The summed E-state index contributed by atoms with van der Waals surface area (Å²) in [5, 5.41) is 5.86. The average molecular weight is 455 g/mol. The maximum absolute atomic E-state index is 12.2. The second-order valence-corrected chi connectivity index (χ2v) is 8.74. The number of sulfonamides is 1. The fourth-order valence-electron chi connectivity index (χ4n) is 3.37. The van der Waals surface area contributed by atoms with E-state index in [1.165, 1.54) is 13.2 Å². The largest absolute Gasteiger partial charge is 0.496 e. The molecule has 0 aliphatic carbocycles. The maximum atomic E-state index is 12.2. The Hall–Kier alpha value is -3.13. The number of halogens is 1. The minimum Gasteiger partial charge on any atom is -0.496 e. The van der Waals surface area contributed by atoms with E-state index in [9.17, 15) is 8.42 Å². The number of nitrogens with zero attached hydrogens (tertiary/aromatic N) is 1. The highest BCUT2D eigenvalue weighted by atomic mass is 35.5. The van der Waals surface area contributed by atoms with Crippen LogP contribution in [0, 0.1) is 0 Å². The van der Waals surface area contributed by atoms with Gasteiger partial charge in [0.2, 0.25) is 10.0 Å². The van der Waals surface area contributed by atoms with E-state index in [2.05, 4.69) is 4.98 Å². The molecular weight excluding hydrogens is 436 g/mol. The van der Waals surface area contributed by atoms with Crippen molar-refractivity contribution in [3.05, 3.63) is 89.3 Å². The standard InChI is InChI=1S/C23H19ClN2O4S/c1-29-18-12-7-11-17(24)21(18)22-23(16-10-5-6-13-19(16)31(25,27)28)30-20(26-22)14-15-8-3-2-4-9-15/h2-13H,14H2,1H3,(H2,25,27,28). The quantitative estimate of drug-likeness (QED) is 0.446. The lowest BCUT2D eigenvalue weighted by molar-refractivity contribution is 0.416. The van der Waals surface area contributed by atoms with Crippen molar-refractivity contribution in [3.63, 3.8) is 0 Å². The topological polar surface area (TPSA) is 95.4 Å². The minimum absolute atomic E-state index is 0.0651. The molecule has 0 aliphatic rings. The number of hydrogen-bond acceptors (Lipinski definition) is 5. The van der Waals surface area contributed by atoms with E-state index >= 15 is 0 Å². The number of oxazole rings is 1. The first-order valence-electron chi connectivity index (χ1n) is 9.37. The van der Waals surface area contributed by atoms with Crippen LogP contribution < -0.4 is 9.88 Å². The van der Waals surface area contributed by atoms with Gasteiger partial charge in [-0.15, -0.1) is 0 Å². The van der Waals surface area contributed by atoms with Crippen molar-refractivity contribution in [1.29, 1.82) is 0 Å². The second-order valence-electron chi connectivity index (χ2n) is 6.81. The molecule has 0 amide bonds. The van der Waals surface area contributed by atoms with Crippen molar-refractivity contribution in [2.45, 2.75) is 11.3 Å². The Morgan fingerprint density at radius 2 is 1.71 bits per heavy atom. The highest BCUT2D eigenvalue weighted by Gasteiger charge is 2.26. The van der Waals surface area contributed by atoms with Gasteiger partial charge in [-0.2, -0.15) is 0 Å². The molecule has 1 heterocycles. The third kappa shape index (κ3) is 4.34. The Kier molecular flexibility index (Phi) is 5.82. The molecule has 0 fully saturated rings.